The maximum atomic E-state index is 13.5. The Morgan fingerprint density at radius 3 is 2.55 bits per heavy atom. The maximum absolute atomic E-state index is 13.5. The van der Waals surface area contributed by atoms with E-state index in [0.29, 0.717) is 36.6 Å². The van der Waals surface area contributed by atoms with Gasteiger partial charge in [0.2, 0.25) is 0 Å². The van der Waals surface area contributed by atoms with E-state index in [1.54, 1.807) is 18.2 Å². The molecule has 1 aliphatic heterocycles. The van der Waals surface area contributed by atoms with Gasteiger partial charge in [-0.2, -0.15) is 13.2 Å². The number of benzene rings is 2. The fourth-order valence-electron chi connectivity index (χ4n) is 3.45. The smallest absolute Gasteiger partial charge is 0.419 e. The van der Waals surface area contributed by atoms with Gasteiger partial charge in [-0.1, -0.05) is 0 Å². The molecule has 0 aliphatic carbocycles. The summed E-state index contributed by atoms with van der Waals surface area (Å²) in [4.78, 5) is 14.3. The third kappa shape index (κ3) is 4.38. The summed E-state index contributed by atoms with van der Waals surface area (Å²) in [7, 11) is 3.04. The summed E-state index contributed by atoms with van der Waals surface area (Å²) in [6.07, 6.45) is -3.47. The normalized spacial score (nSPS) is 16.6. The first kappa shape index (κ1) is 20.8. The molecule has 0 saturated carbocycles. The molecular weight excluding hydrogens is 392 g/mol. The second-order valence-electron chi connectivity index (χ2n) is 6.58. The highest BCUT2D eigenvalue weighted by molar-refractivity contribution is 5.90. The van der Waals surface area contributed by atoms with Gasteiger partial charge in [0.25, 0.3) is 0 Å². The number of nitrogens with zero attached hydrogens (tertiary/aromatic N) is 1. The van der Waals surface area contributed by atoms with Crippen molar-refractivity contribution in [2.45, 2.75) is 25.1 Å². The lowest BCUT2D eigenvalue weighted by molar-refractivity contribution is -0.139. The molecule has 2 amide bonds. The molecule has 1 N–H and O–H groups in total. The summed E-state index contributed by atoms with van der Waals surface area (Å²) in [5, 5.41) is 2.44. The molecule has 1 atom stereocenters. The van der Waals surface area contributed by atoms with Crippen LogP contribution in [0.2, 0.25) is 0 Å². The van der Waals surface area contributed by atoms with Crippen LogP contribution in [-0.2, 0) is 6.18 Å². The fraction of sp³-hybridized carbons (Fsp3) is 0.350. The zero-order valence-electron chi connectivity index (χ0n) is 15.8. The van der Waals surface area contributed by atoms with Crippen LogP contribution in [0.3, 0.4) is 0 Å². The van der Waals surface area contributed by atoms with Crippen LogP contribution in [0, 0.1) is 5.82 Å². The zero-order valence-corrected chi connectivity index (χ0v) is 15.8. The summed E-state index contributed by atoms with van der Waals surface area (Å²) >= 11 is 0. The van der Waals surface area contributed by atoms with Crippen LogP contribution in [0.1, 0.15) is 30.0 Å². The van der Waals surface area contributed by atoms with Crippen LogP contribution < -0.4 is 14.8 Å². The van der Waals surface area contributed by atoms with Gasteiger partial charge in [0.15, 0.2) is 0 Å². The van der Waals surface area contributed by atoms with Crippen molar-refractivity contribution in [3.63, 3.8) is 0 Å². The first-order valence-electron chi connectivity index (χ1n) is 8.91. The minimum atomic E-state index is -4.85. The van der Waals surface area contributed by atoms with Gasteiger partial charge in [-0.3, -0.25) is 0 Å². The number of likely N-dealkylation sites (tertiary alicyclic amines) is 1. The molecule has 0 aromatic heterocycles. The molecule has 1 heterocycles. The monoisotopic (exact) mass is 412 g/mol. The van der Waals surface area contributed by atoms with Gasteiger partial charge in [-0.15, -0.1) is 0 Å². The first-order chi connectivity index (χ1) is 13.7. The van der Waals surface area contributed by atoms with E-state index in [1.165, 1.54) is 19.1 Å². The Kier molecular flexibility index (Phi) is 5.86. The molecule has 1 fully saturated rings. The molecule has 3 rings (SSSR count). The Morgan fingerprint density at radius 2 is 1.90 bits per heavy atom. The Bertz CT molecular complexity index is 902. The van der Waals surface area contributed by atoms with Crippen LogP contribution >= 0.6 is 0 Å². The molecule has 156 valence electrons. The molecule has 2 aromatic carbocycles. The summed E-state index contributed by atoms with van der Waals surface area (Å²) in [5.41, 5.74) is -0.815. The van der Waals surface area contributed by atoms with Crippen LogP contribution in [0.5, 0.6) is 11.5 Å². The van der Waals surface area contributed by atoms with Crippen molar-refractivity contribution in [3.05, 3.63) is 53.3 Å². The maximum Gasteiger partial charge on any atom is 0.419 e. The van der Waals surface area contributed by atoms with E-state index in [-0.39, 0.29) is 11.7 Å². The van der Waals surface area contributed by atoms with Crippen LogP contribution in [0.25, 0.3) is 0 Å². The van der Waals surface area contributed by atoms with Crippen molar-refractivity contribution >= 4 is 11.7 Å². The number of hydrogen-bond acceptors (Lipinski definition) is 3. The number of alkyl halides is 3. The molecular formula is C20H20F4N2O3. The predicted molar refractivity (Wildman–Crippen MR) is 98.6 cm³/mol. The number of carbonyl (C=O) groups is 1. The highest BCUT2D eigenvalue weighted by atomic mass is 19.4. The lowest BCUT2D eigenvalue weighted by atomic mass is 10.0. The highest BCUT2D eigenvalue weighted by Crippen LogP contribution is 2.39. The van der Waals surface area contributed by atoms with Gasteiger partial charge in [-0.25, -0.2) is 9.18 Å². The third-order valence-corrected chi connectivity index (χ3v) is 4.83. The first-order valence-corrected chi connectivity index (χ1v) is 8.91. The van der Waals surface area contributed by atoms with Crippen molar-refractivity contribution in [1.82, 2.24) is 4.90 Å². The molecule has 0 spiro atoms. The van der Waals surface area contributed by atoms with Crippen LogP contribution in [0.15, 0.2) is 36.4 Å². The fourth-order valence-corrected chi connectivity index (χ4v) is 3.45. The molecule has 2 aromatic rings. The minimum Gasteiger partial charge on any atom is -0.497 e. The number of halogens is 4. The van der Waals surface area contributed by atoms with Crippen molar-refractivity contribution in [2.24, 2.45) is 0 Å². The van der Waals surface area contributed by atoms with E-state index >= 15 is 0 Å². The Labute approximate surface area is 165 Å². The molecule has 9 heteroatoms. The van der Waals surface area contributed by atoms with Crippen LogP contribution in [0.4, 0.5) is 28.0 Å². The van der Waals surface area contributed by atoms with Gasteiger partial charge < -0.3 is 19.7 Å². The second kappa shape index (κ2) is 8.18. The average Bonchev–Trinajstić information content (AvgIpc) is 3.18. The van der Waals surface area contributed by atoms with Gasteiger partial charge in [0.05, 0.1) is 25.8 Å². The van der Waals surface area contributed by atoms with E-state index in [9.17, 15) is 22.4 Å². The SMILES string of the molecule is COc1ccc(OC)c(C2CCCN2C(=O)Nc2ccc(F)c(C(F)(F)F)c2)c1. The topological polar surface area (TPSA) is 50.8 Å². The van der Waals surface area contributed by atoms with E-state index in [0.717, 1.165) is 18.1 Å². The molecule has 5 nitrogen and oxygen atoms in total. The average molecular weight is 412 g/mol. The lowest BCUT2D eigenvalue weighted by Gasteiger charge is -2.27. The quantitative estimate of drug-likeness (QED) is 0.700. The summed E-state index contributed by atoms with van der Waals surface area (Å²) in [6.45, 7) is 0.421. The van der Waals surface area contributed by atoms with Crippen LogP contribution in [-0.4, -0.2) is 31.7 Å². The standard InChI is InChI=1S/C20H20F4N2O3/c1-28-13-6-8-18(29-2)14(11-13)17-4-3-9-26(17)19(27)25-12-5-7-16(21)15(10-12)20(22,23)24/h5-8,10-11,17H,3-4,9H2,1-2H3,(H,25,27). The van der Waals surface area contributed by atoms with Gasteiger partial charge >= 0.3 is 12.2 Å². The van der Waals surface area contributed by atoms with Gasteiger partial charge in [0, 0.05) is 17.8 Å². The van der Waals surface area contributed by atoms with Gasteiger partial charge in [-0.05, 0) is 49.2 Å². The number of amides is 2. The summed E-state index contributed by atoms with van der Waals surface area (Å²) in [6, 6.07) is 6.71. The highest BCUT2D eigenvalue weighted by Gasteiger charge is 2.35. The molecule has 29 heavy (non-hydrogen) atoms. The third-order valence-electron chi connectivity index (χ3n) is 4.83. The lowest BCUT2D eigenvalue weighted by Crippen LogP contribution is -2.34. The molecule has 1 saturated heterocycles. The number of anilines is 1. The van der Waals surface area contributed by atoms with Gasteiger partial charge in [0.1, 0.15) is 17.3 Å². The number of nitrogens with one attached hydrogen (secondary N) is 1. The van der Waals surface area contributed by atoms with Crippen molar-refractivity contribution in [3.8, 4) is 11.5 Å². The Balaban J connectivity index is 1.85. The van der Waals surface area contributed by atoms with E-state index in [2.05, 4.69) is 5.32 Å². The number of methoxy groups -OCH3 is 2. The molecule has 0 bridgehead atoms. The Hall–Kier alpha value is -2.97. The zero-order chi connectivity index (χ0) is 21.2. The number of rotatable bonds is 4. The Morgan fingerprint density at radius 1 is 1.14 bits per heavy atom. The van der Waals surface area contributed by atoms with E-state index < -0.39 is 23.6 Å². The number of carbonyl (C=O) groups excluding carboxylic acids is 1. The van der Waals surface area contributed by atoms with Crippen molar-refractivity contribution in [2.75, 3.05) is 26.1 Å². The van der Waals surface area contributed by atoms with Crippen molar-refractivity contribution in [1.29, 1.82) is 0 Å². The molecule has 1 aliphatic rings. The van der Waals surface area contributed by atoms with E-state index in [4.69, 9.17) is 9.47 Å². The summed E-state index contributed by atoms with van der Waals surface area (Å²) < 4.78 is 62.9. The summed E-state index contributed by atoms with van der Waals surface area (Å²) in [5.74, 6) is -0.214. The number of urea groups is 1. The predicted octanol–water partition coefficient (Wildman–Crippen LogP) is 5.23. The number of ether oxygens (including phenoxy) is 2. The van der Waals surface area contributed by atoms with E-state index in [1.807, 2.05) is 0 Å². The molecule has 0 radical (unpaired) electrons. The largest absolute Gasteiger partial charge is 0.497 e. The van der Waals surface area contributed by atoms with Crippen molar-refractivity contribution < 1.29 is 31.8 Å². The minimum absolute atomic E-state index is 0.132. The second-order valence-corrected chi connectivity index (χ2v) is 6.58. The number of hydrogen-bond donors (Lipinski definition) is 1. The molecule has 1 unspecified atom stereocenters.